The predicted octanol–water partition coefficient (Wildman–Crippen LogP) is 1.76. The highest BCUT2D eigenvalue weighted by atomic mass is 35.5. The van der Waals surface area contributed by atoms with Crippen molar-refractivity contribution >= 4 is 28.7 Å². The minimum absolute atomic E-state index is 0.0462. The van der Waals surface area contributed by atoms with Crippen molar-refractivity contribution in [3.8, 4) is 11.5 Å². The zero-order valence-electron chi connectivity index (χ0n) is 18.9. The van der Waals surface area contributed by atoms with Crippen molar-refractivity contribution in [3.05, 3.63) is 49.9 Å². The average Bonchev–Trinajstić information content (AvgIpc) is 2.95. The van der Waals surface area contributed by atoms with Crippen LogP contribution in [0.1, 0.15) is 31.9 Å². The molecule has 0 radical (unpaired) electrons. The van der Waals surface area contributed by atoms with E-state index in [1.54, 1.807) is 0 Å². The lowest BCUT2D eigenvalue weighted by Crippen LogP contribution is -2.38. The SMILES string of the molecule is CC(C)C(NC(=O)Cn1c(Cl)nc2c1c(=O)n(C)c(=O)n2C)c1ccc2c(c1)OCCCO2. The van der Waals surface area contributed by atoms with Crippen molar-refractivity contribution in [2.75, 3.05) is 13.2 Å². The fourth-order valence-electron chi connectivity index (χ4n) is 3.94. The van der Waals surface area contributed by atoms with Crippen LogP contribution >= 0.6 is 11.6 Å². The molecule has 0 bridgehead atoms. The van der Waals surface area contributed by atoms with Gasteiger partial charge in [0.2, 0.25) is 11.2 Å². The van der Waals surface area contributed by atoms with Crippen LogP contribution in [0.15, 0.2) is 27.8 Å². The molecule has 4 rings (SSSR count). The summed E-state index contributed by atoms with van der Waals surface area (Å²) < 4.78 is 15.0. The molecular weight excluding hydrogens is 450 g/mol. The molecule has 33 heavy (non-hydrogen) atoms. The standard InChI is InChI=1S/C22H26ClN5O5/c1-12(2)17(13-6-7-14-15(10-13)33-9-5-8-32-14)24-16(29)11-28-18-19(25-21(28)23)26(3)22(31)27(4)20(18)30/h6-7,10,12,17H,5,8-9,11H2,1-4H3,(H,24,29). The fourth-order valence-corrected chi connectivity index (χ4v) is 4.16. The first-order valence-electron chi connectivity index (χ1n) is 10.7. The zero-order chi connectivity index (χ0) is 23.9. The Morgan fingerprint density at radius 3 is 2.55 bits per heavy atom. The van der Waals surface area contributed by atoms with Crippen molar-refractivity contribution in [3.63, 3.8) is 0 Å². The third-order valence-electron chi connectivity index (χ3n) is 5.72. The zero-order valence-corrected chi connectivity index (χ0v) is 19.7. The van der Waals surface area contributed by atoms with Crippen LogP contribution in [0.25, 0.3) is 11.2 Å². The third kappa shape index (κ3) is 4.22. The summed E-state index contributed by atoms with van der Waals surface area (Å²) in [6.07, 6.45) is 0.805. The number of nitrogens with one attached hydrogen (secondary N) is 1. The highest BCUT2D eigenvalue weighted by Crippen LogP contribution is 2.34. The molecule has 11 heteroatoms. The highest BCUT2D eigenvalue weighted by Gasteiger charge is 2.24. The van der Waals surface area contributed by atoms with E-state index < -0.39 is 11.2 Å². The van der Waals surface area contributed by atoms with Crippen LogP contribution in [0, 0.1) is 5.92 Å². The number of aryl methyl sites for hydroxylation is 1. The van der Waals surface area contributed by atoms with Crippen LogP contribution in [0.3, 0.4) is 0 Å². The van der Waals surface area contributed by atoms with E-state index in [0.29, 0.717) is 24.7 Å². The molecule has 1 unspecified atom stereocenters. The summed E-state index contributed by atoms with van der Waals surface area (Å²) in [5, 5.41) is 2.98. The number of ether oxygens (including phenoxy) is 2. The molecule has 1 N–H and O–H groups in total. The third-order valence-corrected chi connectivity index (χ3v) is 6.01. The van der Waals surface area contributed by atoms with Gasteiger partial charge in [0.25, 0.3) is 5.56 Å². The Kier molecular flexibility index (Phi) is 6.20. The lowest BCUT2D eigenvalue weighted by Gasteiger charge is -2.24. The van der Waals surface area contributed by atoms with Crippen LogP contribution in [-0.2, 0) is 25.4 Å². The molecule has 3 heterocycles. The van der Waals surface area contributed by atoms with E-state index in [4.69, 9.17) is 21.1 Å². The smallest absolute Gasteiger partial charge is 0.332 e. The van der Waals surface area contributed by atoms with E-state index in [9.17, 15) is 14.4 Å². The van der Waals surface area contributed by atoms with Crippen molar-refractivity contribution in [1.82, 2.24) is 24.0 Å². The largest absolute Gasteiger partial charge is 0.490 e. The quantitative estimate of drug-likeness (QED) is 0.563. The number of carbonyl (C=O) groups excluding carboxylic acids is 1. The molecule has 0 saturated carbocycles. The molecule has 1 aliphatic rings. The average molecular weight is 476 g/mol. The Morgan fingerprint density at radius 2 is 1.85 bits per heavy atom. The molecule has 0 spiro atoms. The number of fused-ring (bicyclic) bond motifs is 2. The predicted molar refractivity (Wildman–Crippen MR) is 123 cm³/mol. The number of halogens is 1. The van der Waals surface area contributed by atoms with E-state index in [1.807, 2.05) is 32.0 Å². The van der Waals surface area contributed by atoms with Gasteiger partial charge in [-0.15, -0.1) is 0 Å². The molecule has 1 aliphatic heterocycles. The summed E-state index contributed by atoms with van der Waals surface area (Å²) in [6.45, 7) is 4.94. The van der Waals surface area contributed by atoms with Crippen LogP contribution < -0.4 is 26.0 Å². The van der Waals surface area contributed by atoms with Gasteiger partial charge in [0.05, 0.1) is 19.3 Å². The second-order valence-corrected chi connectivity index (χ2v) is 8.73. The molecular formula is C22H26ClN5O5. The first kappa shape index (κ1) is 22.9. The van der Waals surface area contributed by atoms with Crippen molar-refractivity contribution in [2.24, 2.45) is 20.0 Å². The van der Waals surface area contributed by atoms with Gasteiger partial charge < -0.3 is 14.8 Å². The molecule has 0 fully saturated rings. The maximum Gasteiger partial charge on any atom is 0.332 e. The summed E-state index contributed by atoms with van der Waals surface area (Å²) in [5.41, 5.74) is 0.0132. The maximum absolute atomic E-state index is 13.0. The van der Waals surface area contributed by atoms with Crippen LogP contribution in [0.5, 0.6) is 11.5 Å². The second kappa shape index (κ2) is 8.93. The number of benzene rings is 1. The number of imidazole rings is 1. The molecule has 176 valence electrons. The molecule has 0 aliphatic carbocycles. The van der Waals surface area contributed by atoms with E-state index in [-0.39, 0.29) is 40.9 Å². The number of carbonyl (C=O) groups is 1. The molecule has 1 atom stereocenters. The van der Waals surface area contributed by atoms with Crippen LogP contribution in [0.2, 0.25) is 5.28 Å². The van der Waals surface area contributed by atoms with Gasteiger partial charge in [0.15, 0.2) is 22.7 Å². The fraction of sp³-hybridized carbons (Fsp3) is 0.455. The minimum Gasteiger partial charge on any atom is -0.490 e. The number of hydrogen-bond acceptors (Lipinski definition) is 6. The van der Waals surface area contributed by atoms with Crippen molar-refractivity contribution in [1.29, 1.82) is 0 Å². The van der Waals surface area contributed by atoms with Crippen LogP contribution in [-0.4, -0.2) is 37.8 Å². The lowest BCUT2D eigenvalue weighted by molar-refractivity contribution is -0.122. The highest BCUT2D eigenvalue weighted by molar-refractivity contribution is 6.29. The summed E-state index contributed by atoms with van der Waals surface area (Å²) in [7, 11) is 2.87. The lowest BCUT2D eigenvalue weighted by atomic mass is 9.95. The molecule has 0 saturated heterocycles. The Balaban J connectivity index is 1.63. The van der Waals surface area contributed by atoms with Gasteiger partial charge in [-0.25, -0.2) is 4.79 Å². The molecule has 1 amide bonds. The second-order valence-electron chi connectivity index (χ2n) is 8.39. The van der Waals surface area contributed by atoms with E-state index in [0.717, 1.165) is 16.6 Å². The number of nitrogens with zero attached hydrogens (tertiary/aromatic N) is 4. The Morgan fingerprint density at radius 1 is 1.15 bits per heavy atom. The Labute approximate surface area is 194 Å². The van der Waals surface area contributed by atoms with Gasteiger partial charge in [-0.1, -0.05) is 19.9 Å². The monoisotopic (exact) mass is 475 g/mol. The van der Waals surface area contributed by atoms with E-state index in [2.05, 4.69) is 10.3 Å². The number of rotatable bonds is 5. The van der Waals surface area contributed by atoms with E-state index in [1.165, 1.54) is 23.2 Å². The number of hydrogen-bond donors (Lipinski definition) is 1. The van der Waals surface area contributed by atoms with Crippen molar-refractivity contribution < 1.29 is 14.3 Å². The summed E-state index contributed by atoms with van der Waals surface area (Å²) >= 11 is 6.25. The van der Waals surface area contributed by atoms with Gasteiger partial charge in [-0.3, -0.25) is 23.3 Å². The molecule has 10 nitrogen and oxygen atoms in total. The molecule has 2 aromatic heterocycles. The van der Waals surface area contributed by atoms with Gasteiger partial charge in [-0.05, 0) is 35.2 Å². The first-order valence-corrected chi connectivity index (χ1v) is 11.1. The number of aromatic nitrogens is 4. The molecule has 3 aromatic rings. The maximum atomic E-state index is 13.0. The Bertz CT molecular complexity index is 1340. The molecule has 1 aromatic carbocycles. The first-order chi connectivity index (χ1) is 15.7. The van der Waals surface area contributed by atoms with Gasteiger partial charge in [-0.2, -0.15) is 4.98 Å². The summed E-state index contributed by atoms with van der Waals surface area (Å²) in [4.78, 5) is 42.0. The van der Waals surface area contributed by atoms with Gasteiger partial charge >= 0.3 is 5.69 Å². The minimum atomic E-state index is -0.566. The Hall–Kier alpha value is -3.27. The number of amides is 1. The normalized spacial score (nSPS) is 14.4. The van der Waals surface area contributed by atoms with Gasteiger partial charge in [0.1, 0.15) is 6.54 Å². The van der Waals surface area contributed by atoms with Gasteiger partial charge in [0, 0.05) is 20.5 Å². The van der Waals surface area contributed by atoms with E-state index >= 15 is 0 Å². The van der Waals surface area contributed by atoms with Crippen LogP contribution in [0.4, 0.5) is 0 Å². The summed E-state index contributed by atoms with van der Waals surface area (Å²) in [6, 6.07) is 5.33. The summed E-state index contributed by atoms with van der Waals surface area (Å²) in [5.74, 6) is 1.06. The van der Waals surface area contributed by atoms with Crippen molar-refractivity contribution in [2.45, 2.75) is 32.9 Å². The topological polar surface area (TPSA) is 109 Å².